The van der Waals surface area contributed by atoms with Gasteiger partial charge in [-0.3, -0.25) is 0 Å². The van der Waals surface area contributed by atoms with Crippen LogP contribution < -0.4 is 5.32 Å². The highest BCUT2D eigenvalue weighted by molar-refractivity contribution is 7.99. The average molecular weight is 264 g/mol. The zero-order valence-corrected chi connectivity index (χ0v) is 11.3. The Balaban J connectivity index is 1.65. The first-order valence-electron chi connectivity index (χ1n) is 6.75. The first-order valence-corrected chi connectivity index (χ1v) is 7.73. The lowest BCUT2D eigenvalue weighted by Crippen LogP contribution is -2.53. The molecule has 98 valence electrons. The van der Waals surface area contributed by atoms with E-state index in [1.165, 1.54) is 25.7 Å². The van der Waals surface area contributed by atoms with Crippen molar-refractivity contribution in [2.45, 2.75) is 42.3 Å². The largest absolute Gasteiger partial charge is 0.394 e. The number of nitrogens with zero attached hydrogens (tertiary/aromatic N) is 1. The van der Waals surface area contributed by atoms with Crippen LogP contribution in [0.3, 0.4) is 0 Å². The van der Waals surface area contributed by atoms with Gasteiger partial charge in [0.25, 0.3) is 0 Å². The molecule has 0 amide bonds. The lowest BCUT2D eigenvalue weighted by atomic mass is 9.96. The molecule has 0 aromatic carbocycles. The summed E-state index contributed by atoms with van der Waals surface area (Å²) in [5, 5.41) is 14.6. The number of rotatable bonds is 7. The quantitative estimate of drug-likeness (QED) is 0.740. The molecule has 0 radical (unpaired) electrons. The van der Waals surface area contributed by atoms with Gasteiger partial charge >= 0.3 is 0 Å². The minimum Gasteiger partial charge on any atom is -0.394 e. The van der Waals surface area contributed by atoms with Crippen molar-refractivity contribution in [3.05, 3.63) is 24.4 Å². The fourth-order valence-corrected chi connectivity index (χ4v) is 3.53. The molecule has 1 heterocycles. The second-order valence-corrected chi connectivity index (χ2v) is 6.46. The Morgan fingerprint density at radius 2 is 2.17 bits per heavy atom. The first-order chi connectivity index (χ1) is 8.82. The van der Waals surface area contributed by atoms with Gasteiger partial charge in [0.1, 0.15) is 0 Å². The van der Waals surface area contributed by atoms with Crippen molar-refractivity contribution < 1.29 is 5.11 Å². The van der Waals surface area contributed by atoms with Crippen molar-refractivity contribution in [2.75, 3.05) is 12.4 Å². The second-order valence-electron chi connectivity index (χ2n) is 5.46. The number of aromatic nitrogens is 1. The smallest absolute Gasteiger partial charge is 0.0960 e. The Labute approximate surface area is 112 Å². The van der Waals surface area contributed by atoms with Crippen LogP contribution in [0, 0.1) is 5.92 Å². The third kappa shape index (κ3) is 2.87. The zero-order valence-electron chi connectivity index (χ0n) is 10.5. The summed E-state index contributed by atoms with van der Waals surface area (Å²) in [5.74, 6) is 1.57. The molecule has 0 spiro atoms. The molecule has 0 bridgehead atoms. The number of nitrogens with one attached hydrogen (secondary N) is 1. The van der Waals surface area contributed by atoms with Gasteiger partial charge in [0.05, 0.1) is 17.2 Å². The summed E-state index contributed by atoms with van der Waals surface area (Å²) in [7, 11) is 0. The molecule has 18 heavy (non-hydrogen) atoms. The molecule has 1 unspecified atom stereocenters. The highest BCUT2D eigenvalue weighted by Gasteiger charge is 2.47. The zero-order chi connectivity index (χ0) is 12.4. The van der Waals surface area contributed by atoms with Crippen LogP contribution in [0.2, 0.25) is 0 Å². The highest BCUT2D eigenvalue weighted by Crippen LogP contribution is 2.43. The van der Waals surface area contributed by atoms with Gasteiger partial charge in [-0.2, -0.15) is 0 Å². The van der Waals surface area contributed by atoms with Crippen molar-refractivity contribution in [3.8, 4) is 0 Å². The van der Waals surface area contributed by atoms with Crippen LogP contribution in [0.25, 0.3) is 0 Å². The van der Waals surface area contributed by atoms with E-state index in [4.69, 9.17) is 0 Å². The maximum Gasteiger partial charge on any atom is 0.0960 e. The number of hydrogen-bond donors (Lipinski definition) is 2. The molecule has 2 fully saturated rings. The Morgan fingerprint density at radius 3 is 2.72 bits per heavy atom. The molecule has 1 aromatic rings. The van der Waals surface area contributed by atoms with Gasteiger partial charge in [-0.25, -0.2) is 4.98 Å². The molecule has 3 nitrogen and oxygen atoms in total. The van der Waals surface area contributed by atoms with Crippen molar-refractivity contribution in [3.63, 3.8) is 0 Å². The highest BCUT2D eigenvalue weighted by atomic mass is 32.2. The molecular formula is C14H20N2OS. The average Bonchev–Trinajstić information content (AvgIpc) is 3.28. The second kappa shape index (κ2) is 5.19. The minimum atomic E-state index is -0.0800. The lowest BCUT2D eigenvalue weighted by Gasteiger charge is -2.33. The van der Waals surface area contributed by atoms with Gasteiger partial charge < -0.3 is 10.4 Å². The van der Waals surface area contributed by atoms with Crippen LogP contribution in [0.15, 0.2) is 29.4 Å². The van der Waals surface area contributed by atoms with Crippen LogP contribution in [-0.2, 0) is 0 Å². The summed E-state index contributed by atoms with van der Waals surface area (Å²) in [6.45, 7) is 0.244. The van der Waals surface area contributed by atoms with E-state index in [1.54, 1.807) is 11.8 Å². The molecule has 1 atom stereocenters. The van der Waals surface area contributed by atoms with E-state index in [0.717, 1.165) is 10.8 Å². The first kappa shape index (κ1) is 12.5. The Hall–Kier alpha value is -0.580. The topological polar surface area (TPSA) is 45.2 Å². The van der Waals surface area contributed by atoms with Crippen LogP contribution >= 0.6 is 11.8 Å². The van der Waals surface area contributed by atoms with E-state index in [1.807, 2.05) is 24.4 Å². The Morgan fingerprint density at radius 1 is 1.33 bits per heavy atom. The number of aliphatic hydroxyl groups is 1. The van der Waals surface area contributed by atoms with Crippen molar-refractivity contribution in [1.82, 2.24) is 10.3 Å². The minimum absolute atomic E-state index is 0.0800. The lowest BCUT2D eigenvalue weighted by molar-refractivity contribution is 0.157. The Kier molecular flexibility index (Phi) is 3.59. The predicted octanol–water partition coefficient (Wildman–Crippen LogP) is 2.07. The molecule has 3 rings (SSSR count). The normalized spacial score (nSPS) is 22.7. The van der Waals surface area contributed by atoms with Gasteiger partial charge in [-0.05, 0) is 43.7 Å². The monoisotopic (exact) mass is 264 g/mol. The van der Waals surface area contributed by atoms with Crippen LogP contribution in [0.5, 0.6) is 0 Å². The summed E-state index contributed by atoms with van der Waals surface area (Å²) in [6.07, 6.45) is 6.87. The number of thioether (sulfide) groups is 1. The molecule has 2 aliphatic carbocycles. The van der Waals surface area contributed by atoms with E-state index < -0.39 is 0 Å². The van der Waals surface area contributed by atoms with Crippen LogP contribution in [0.4, 0.5) is 0 Å². The Bertz CT molecular complexity index is 392. The molecule has 2 aliphatic rings. The van der Waals surface area contributed by atoms with Gasteiger partial charge in [0, 0.05) is 18.0 Å². The fourth-order valence-electron chi connectivity index (χ4n) is 2.40. The third-order valence-electron chi connectivity index (χ3n) is 3.83. The SMILES string of the molecule is OCC(CSc1ccccn1)(NC1CC1)C1CC1. The van der Waals surface area contributed by atoms with E-state index in [2.05, 4.69) is 10.3 Å². The van der Waals surface area contributed by atoms with E-state index in [0.29, 0.717) is 12.0 Å². The molecule has 0 saturated heterocycles. The summed E-state index contributed by atoms with van der Waals surface area (Å²) in [4.78, 5) is 4.34. The van der Waals surface area contributed by atoms with Crippen molar-refractivity contribution in [1.29, 1.82) is 0 Å². The van der Waals surface area contributed by atoms with E-state index in [9.17, 15) is 5.11 Å². The number of pyridine rings is 1. The van der Waals surface area contributed by atoms with Crippen molar-refractivity contribution in [2.24, 2.45) is 5.92 Å². The van der Waals surface area contributed by atoms with E-state index in [-0.39, 0.29) is 12.1 Å². The summed E-state index contributed by atoms with van der Waals surface area (Å²) < 4.78 is 0. The van der Waals surface area contributed by atoms with Crippen LogP contribution in [-0.4, -0.2) is 34.0 Å². The molecular weight excluding hydrogens is 244 g/mol. The molecule has 2 N–H and O–H groups in total. The van der Waals surface area contributed by atoms with E-state index >= 15 is 0 Å². The maximum absolute atomic E-state index is 9.85. The van der Waals surface area contributed by atoms with Gasteiger partial charge in [-0.15, -0.1) is 11.8 Å². The molecule has 1 aromatic heterocycles. The fraction of sp³-hybridized carbons (Fsp3) is 0.643. The standard InChI is InChI=1S/C14H20N2OS/c17-9-14(11-4-5-11,16-12-6-7-12)10-18-13-3-1-2-8-15-13/h1-3,8,11-12,16-17H,4-7,9-10H2. The summed E-state index contributed by atoms with van der Waals surface area (Å²) in [6, 6.07) is 6.63. The summed E-state index contributed by atoms with van der Waals surface area (Å²) >= 11 is 1.76. The molecule has 2 saturated carbocycles. The maximum atomic E-state index is 9.85. The van der Waals surface area contributed by atoms with Gasteiger partial charge in [0.2, 0.25) is 0 Å². The molecule has 0 aliphatic heterocycles. The number of aliphatic hydroxyl groups excluding tert-OH is 1. The predicted molar refractivity (Wildman–Crippen MR) is 73.7 cm³/mol. The van der Waals surface area contributed by atoms with Crippen LogP contribution in [0.1, 0.15) is 25.7 Å². The summed E-state index contributed by atoms with van der Waals surface area (Å²) in [5.41, 5.74) is -0.0800. The number of hydrogen-bond acceptors (Lipinski definition) is 4. The van der Waals surface area contributed by atoms with Gasteiger partial charge in [-0.1, -0.05) is 6.07 Å². The third-order valence-corrected chi connectivity index (χ3v) is 5.02. The van der Waals surface area contributed by atoms with Crippen molar-refractivity contribution >= 4 is 11.8 Å². The van der Waals surface area contributed by atoms with Gasteiger partial charge in [0.15, 0.2) is 0 Å². The molecule has 4 heteroatoms.